The van der Waals surface area contributed by atoms with Crippen LogP contribution in [0, 0.1) is 11.3 Å². The Morgan fingerprint density at radius 1 is 1.47 bits per heavy atom. The monoisotopic (exact) mass is 213 g/mol. The second-order valence-corrected chi connectivity index (χ2v) is 5.66. The lowest BCUT2D eigenvalue weighted by Crippen LogP contribution is -2.42. The van der Waals surface area contributed by atoms with Gasteiger partial charge in [-0.2, -0.15) is 0 Å². The van der Waals surface area contributed by atoms with Crippen LogP contribution in [0.25, 0.3) is 0 Å². The maximum absolute atomic E-state index is 11.4. The number of hydrogen-bond donors (Lipinski definition) is 1. The quantitative estimate of drug-likeness (QED) is 0.713. The Balaban J connectivity index is 2.46. The number of ether oxygens (including phenoxy) is 1. The largest absolute Gasteiger partial charge is 0.469 e. The van der Waals surface area contributed by atoms with Gasteiger partial charge in [0, 0.05) is 6.04 Å². The summed E-state index contributed by atoms with van der Waals surface area (Å²) in [6.45, 7) is 7.63. The van der Waals surface area contributed by atoms with Gasteiger partial charge in [-0.1, -0.05) is 20.8 Å². The van der Waals surface area contributed by atoms with E-state index < -0.39 is 0 Å². The van der Waals surface area contributed by atoms with Gasteiger partial charge in [0.15, 0.2) is 0 Å². The molecule has 1 fully saturated rings. The van der Waals surface area contributed by atoms with Crippen molar-refractivity contribution in [2.45, 2.75) is 46.1 Å². The first kappa shape index (κ1) is 12.5. The average Bonchev–Trinajstić information content (AvgIpc) is 2.14. The summed E-state index contributed by atoms with van der Waals surface area (Å²) in [6.07, 6.45) is 2.94. The van der Waals surface area contributed by atoms with Gasteiger partial charge in [-0.25, -0.2) is 0 Å². The van der Waals surface area contributed by atoms with Crippen molar-refractivity contribution in [1.82, 2.24) is 5.32 Å². The highest BCUT2D eigenvalue weighted by molar-refractivity contribution is 5.72. The van der Waals surface area contributed by atoms with Crippen molar-refractivity contribution in [3.05, 3.63) is 0 Å². The molecule has 1 heterocycles. The third-order valence-electron chi connectivity index (χ3n) is 2.89. The minimum absolute atomic E-state index is 0.0459. The molecule has 0 aromatic carbocycles. The summed E-state index contributed by atoms with van der Waals surface area (Å²) in [5, 5.41) is 3.48. The Bertz CT molecular complexity index is 220. The van der Waals surface area contributed by atoms with Crippen molar-refractivity contribution in [2.24, 2.45) is 11.3 Å². The number of rotatable bonds is 2. The van der Waals surface area contributed by atoms with Crippen LogP contribution in [-0.2, 0) is 9.53 Å². The van der Waals surface area contributed by atoms with Crippen LogP contribution in [0.5, 0.6) is 0 Å². The minimum Gasteiger partial charge on any atom is -0.469 e. The number of nitrogens with one attached hydrogen (secondary N) is 1. The fourth-order valence-corrected chi connectivity index (χ4v) is 2.28. The summed E-state index contributed by atoms with van der Waals surface area (Å²) in [7, 11) is 1.48. The Morgan fingerprint density at radius 3 is 2.67 bits per heavy atom. The van der Waals surface area contributed by atoms with Crippen molar-refractivity contribution in [3.8, 4) is 0 Å². The van der Waals surface area contributed by atoms with Crippen molar-refractivity contribution in [3.63, 3.8) is 0 Å². The number of esters is 1. The molecule has 2 unspecified atom stereocenters. The Hall–Kier alpha value is -0.570. The van der Waals surface area contributed by atoms with E-state index in [1.165, 1.54) is 7.11 Å². The molecule has 3 nitrogen and oxygen atoms in total. The summed E-state index contributed by atoms with van der Waals surface area (Å²) in [5.74, 6) is 0.0546. The van der Waals surface area contributed by atoms with E-state index in [-0.39, 0.29) is 11.9 Å². The van der Waals surface area contributed by atoms with Gasteiger partial charge in [-0.05, 0) is 31.2 Å². The molecule has 0 radical (unpaired) electrons. The van der Waals surface area contributed by atoms with E-state index in [2.05, 4.69) is 26.1 Å². The highest BCUT2D eigenvalue weighted by Crippen LogP contribution is 2.27. The van der Waals surface area contributed by atoms with E-state index in [1.807, 2.05) is 0 Å². The van der Waals surface area contributed by atoms with Gasteiger partial charge in [0.2, 0.25) is 0 Å². The van der Waals surface area contributed by atoms with Gasteiger partial charge in [0.1, 0.15) is 0 Å². The zero-order valence-electron chi connectivity index (χ0n) is 10.3. The highest BCUT2D eigenvalue weighted by Gasteiger charge is 2.29. The molecule has 1 saturated heterocycles. The molecular formula is C12H23NO2. The van der Waals surface area contributed by atoms with Crippen molar-refractivity contribution in [1.29, 1.82) is 0 Å². The third-order valence-corrected chi connectivity index (χ3v) is 2.89. The lowest BCUT2D eigenvalue weighted by Gasteiger charge is -2.33. The summed E-state index contributed by atoms with van der Waals surface area (Å²) in [4.78, 5) is 11.4. The predicted molar refractivity (Wildman–Crippen MR) is 60.6 cm³/mol. The van der Waals surface area contributed by atoms with Crippen LogP contribution in [-0.4, -0.2) is 25.7 Å². The maximum Gasteiger partial charge on any atom is 0.308 e. The smallest absolute Gasteiger partial charge is 0.308 e. The van der Waals surface area contributed by atoms with E-state index in [4.69, 9.17) is 4.74 Å². The highest BCUT2D eigenvalue weighted by atomic mass is 16.5. The van der Waals surface area contributed by atoms with Crippen molar-refractivity contribution < 1.29 is 9.53 Å². The molecule has 88 valence electrons. The van der Waals surface area contributed by atoms with Gasteiger partial charge in [-0.3, -0.25) is 4.79 Å². The second kappa shape index (κ2) is 4.97. The summed E-state index contributed by atoms with van der Waals surface area (Å²) in [5.41, 5.74) is 0.315. The first-order valence-electron chi connectivity index (χ1n) is 5.73. The molecule has 3 heteroatoms. The molecule has 0 saturated carbocycles. The van der Waals surface area contributed by atoms with Crippen LogP contribution < -0.4 is 5.32 Å². The van der Waals surface area contributed by atoms with E-state index >= 15 is 0 Å². The standard InChI is InChI=1S/C12H23NO2/c1-12(2,3)8-10-7-9(5-6-13-10)11(14)15-4/h9-10,13H,5-8H2,1-4H3. The van der Waals surface area contributed by atoms with E-state index in [0.29, 0.717) is 11.5 Å². The molecule has 0 aliphatic carbocycles. The van der Waals surface area contributed by atoms with Crippen LogP contribution in [0.1, 0.15) is 40.0 Å². The van der Waals surface area contributed by atoms with Gasteiger partial charge in [0.05, 0.1) is 13.0 Å². The first-order valence-corrected chi connectivity index (χ1v) is 5.73. The number of carbonyl (C=O) groups excluding carboxylic acids is 1. The fraction of sp³-hybridized carbons (Fsp3) is 0.917. The van der Waals surface area contributed by atoms with Crippen LogP contribution in [0.2, 0.25) is 0 Å². The number of piperidine rings is 1. The van der Waals surface area contributed by atoms with Crippen LogP contribution in [0.3, 0.4) is 0 Å². The molecule has 0 amide bonds. The molecule has 0 aromatic rings. The zero-order chi connectivity index (χ0) is 11.5. The first-order chi connectivity index (χ1) is 6.92. The molecule has 0 bridgehead atoms. The summed E-state index contributed by atoms with van der Waals surface area (Å²) >= 11 is 0. The van der Waals surface area contributed by atoms with Crippen molar-refractivity contribution >= 4 is 5.97 Å². The Morgan fingerprint density at radius 2 is 2.13 bits per heavy atom. The zero-order valence-corrected chi connectivity index (χ0v) is 10.3. The van der Waals surface area contributed by atoms with Gasteiger partial charge < -0.3 is 10.1 Å². The summed E-state index contributed by atoms with van der Waals surface area (Å²) in [6, 6.07) is 0.461. The Kier molecular flexibility index (Phi) is 4.14. The van der Waals surface area contributed by atoms with Gasteiger partial charge >= 0.3 is 5.97 Å². The van der Waals surface area contributed by atoms with E-state index in [9.17, 15) is 4.79 Å². The molecular weight excluding hydrogens is 190 g/mol. The molecule has 0 aromatic heterocycles. The normalized spacial score (nSPS) is 27.5. The maximum atomic E-state index is 11.4. The van der Waals surface area contributed by atoms with Crippen molar-refractivity contribution in [2.75, 3.05) is 13.7 Å². The summed E-state index contributed by atoms with van der Waals surface area (Å²) < 4.78 is 4.80. The number of methoxy groups -OCH3 is 1. The molecule has 1 N–H and O–H groups in total. The SMILES string of the molecule is COC(=O)C1CCNC(CC(C)(C)C)C1. The molecule has 1 aliphatic rings. The van der Waals surface area contributed by atoms with Crippen LogP contribution in [0.15, 0.2) is 0 Å². The molecule has 1 rings (SSSR count). The fourth-order valence-electron chi connectivity index (χ4n) is 2.28. The second-order valence-electron chi connectivity index (χ2n) is 5.66. The lowest BCUT2D eigenvalue weighted by molar-refractivity contribution is -0.146. The number of carbonyl (C=O) groups is 1. The predicted octanol–water partition coefficient (Wildman–Crippen LogP) is 1.96. The van der Waals surface area contributed by atoms with Crippen LogP contribution in [0.4, 0.5) is 0 Å². The van der Waals surface area contributed by atoms with Gasteiger partial charge in [-0.15, -0.1) is 0 Å². The Labute approximate surface area is 92.6 Å². The van der Waals surface area contributed by atoms with E-state index in [0.717, 1.165) is 25.8 Å². The van der Waals surface area contributed by atoms with Gasteiger partial charge in [0.25, 0.3) is 0 Å². The topological polar surface area (TPSA) is 38.3 Å². The third kappa shape index (κ3) is 4.20. The van der Waals surface area contributed by atoms with Crippen LogP contribution >= 0.6 is 0 Å². The van der Waals surface area contributed by atoms with E-state index in [1.54, 1.807) is 0 Å². The molecule has 1 aliphatic heterocycles. The number of hydrogen-bond acceptors (Lipinski definition) is 3. The minimum atomic E-state index is -0.0459. The molecule has 2 atom stereocenters. The average molecular weight is 213 g/mol. The lowest BCUT2D eigenvalue weighted by atomic mass is 9.82. The molecule has 15 heavy (non-hydrogen) atoms. The molecule has 0 spiro atoms.